The number of hydrogen-bond acceptors (Lipinski definition) is 6. The van der Waals surface area contributed by atoms with Crippen LogP contribution in [0.3, 0.4) is 0 Å². The number of alkyl carbamates (subject to hydrolysis) is 1. The van der Waals surface area contributed by atoms with Gasteiger partial charge in [-0.1, -0.05) is 19.3 Å². The molecule has 1 N–H and O–H groups in total. The summed E-state index contributed by atoms with van der Waals surface area (Å²) in [7, 11) is -1.61. The van der Waals surface area contributed by atoms with Gasteiger partial charge in [-0.3, -0.25) is 4.79 Å². The van der Waals surface area contributed by atoms with Crippen molar-refractivity contribution in [2.45, 2.75) is 38.5 Å². The van der Waals surface area contributed by atoms with Crippen molar-refractivity contribution in [2.75, 3.05) is 26.6 Å². The van der Waals surface area contributed by atoms with Crippen molar-refractivity contribution in [1.29, 1.82) is 0 Å². The molecule has 1 rings (SSSR count). The van der Waals surface area contributed by atoms with E-state index in [1.165, 1.54) is 13.1 Å². The highest BCUT2D eigenvalue weighted by atomic mass is 31.1. The number of hydrogen-bond donors (Lipinski definition) is 1. The van der Waals surface area contributed by atoms with Crippen LogP contribution in [0.4, 0.5) is 4.79 Å². The first-order valence-electron chi connectivity index (χ1n) is 7.20. The van der Waals surface area contributed by atoms with Crippen LogP contribution in [0, 0.1) is 5.92 Å². The lowest BCUT2D eigenvalue weighted by Crippen LogP contribution is -2.28. The lowest BCUT2D eigenvalue weighted by molar-refractivity contribution is -0.157. The topological polar surface area (TPSA) is 90.9 Å². The minimum absolute atomic E-state index is 0.0569. The molecule has 1 atom stereocenters. The van der Waals surface area contributed by atoms with Gasteiger partial charge in [0.15, 0.2) is 6.66 Å². The molecule has 8 heteroatoms. The maximum absolute atomic E-state index is 11.7. The molecule has 0 aromatic heterocycles. The monoisotopic (exact) mass is 320 g/mol. The number of ether oxygens (including phenoxy) is 2. The second-order valence-electron chi connectivity index (χ2n) is 4.90. The minimum atomic E-state index is -1.61. The molecule has 0 heterocycles. The molecule has 0 saturated heterocycles. The number of carbonyl (C=O) groups is 2. The molecule has 1 aliphatic carbocycles. The fourth-order valence-electron chi connectivity index (χ4n) is 2.10. The molecular weight excluding hydrogens is 297 g/mol. The van der Waals surface area contributed by atoms with E-state index in [1.54, 1.807) is 0 Å². The summed E-state index contributed by atoms with van der Waals surface area (Å²) in [5.74, 6) is -0.346. The smallest absolute Gasteiger partial charge is 0.428 e. The van der Waals surface area contributed by atoms with Gasteiger partial charge in [0.25, 0.3) is 0 Å². The van der Waals surface area contributed by atoms with Crippen molar-refractivity contribution >= 4 is 20.1 Å². The van der Waals surface area contributed by atoms with Gasteiger partial charge in [-0.05, 0) is 23.8 Å². The summed E-state index contributed by atoms with van der Waals surface area (Å²) in [5.41, 5.74) is 0. The first-order valence-corrected chi connectivity index (χ1v) is 8.83. The van der Waals surface area contributed by atoms with Crippen LogP contribution >= 0.6 is 8.03 Å². The molecule has 0 aromatic carbocycles. The summed E-state index contributed by atoms with van der Waals surface area (Å²) in [5, 5.41) is 2.48. The van der Waals surface area contributed by atoms with E-state index >= 15 is 0 Å². The number of carbonyl (C=O) groups excluding carboxylic acids is 2. The molecule has 120 valence electrons. The van der Waals surface area contributed by atoms with Gasteiger partial charge in [0.2, 0.25) is 6.79 Å². The highest BCUT2D eigenvalue weighted by Crippen LogP contribution is 2.24. The van der Waals surface area contributed by atoms with E-state index in [4.69, 9.17) is 14.0 Å². The number of esters is 1. The summed E-state index contributed by atoms with van der Waals surface area (Å²) in [6.45, 7) is 1.76. The van der Waals surface area contributed by atoms with Crippen molar-refractivity contribution in [3.05, 3.63) is 0 Å². The Labute approximate surface area is 125 Å². The Morgan fingerprint density at radius 2 is 1.90 bits per heavy atom. The Balaban J connectivity index is 1.99. The van der Waals surface area contributed by atoms with E-state index in [-0.39, 0.29) is 18.7 Å². The van der Waals surface area contributed by atoms with Gasteiger partial charge < -0.3 is 14.8 Å². The van der Waals surface area contributed by atoms with E-state index in [0.717, 1.165) is 25.7 Å². The maximum atomic E-state index is 11.7. The van der Waals surface area contributed by atoms with Gasteiger partial charge >= 0.3 is 20.1 Å². The van der Waals surface area contributed by atoms with Gasteiger partial charge in [-0.2, -0.15) is 0 Å². The Morgan fingerprint density at radius 3 is 2.57 bits per heavy atom. The molecule has 0 bridgehead atoms. The van der Waals surface area contributed by atoms with Crippen molar-refractivity contribution in [1.82, 2.24) is 5.32 Å². The SMILES string of the molecule is C[P+](=O)OCCCNC(=O)OCOC(=O)C1CCCCC1. The van der Waals surface area contributed by atoms with Crippen LogP contribution in [0.2, 0.25) is 0 Å². The summed E-state index contributed by atoms with van der Waals surface area (Å²) in [6.07, 6.45) is 4.85. The quantitative estimate of drug-likeness (QED) is 0.320. The summed E-state index contributed by atoms with van der Waals surface area (Å²) < 4.78 is 25.2. The third kappa shape index (κ3) is 8.63. The second kappa shape index (κ2) is 10.5. The van der Waals surface area contributed by atoms with Crippen LogP contribution < -0.4 is 5.32 Å². The first-order chi connectivity index (χ1) is 10.1. The number of rotatable bonds is 8. The van der Waals surface area contributed by atoms with E-state index in [9.17, 15) is 14.2 Å². The fourth-order valence-corrected chi connectivity index (χ4v) is 2.49. The van der Waals surface area contributed by atoms with E-state index in [1.807, 2.05) is 0 Å². The fraction of sp³-hybridized carbons (Fsp3) is 0.846. The Kier molecular flexibility index (Phi) is 8.94. The molecule has 0 aliphatic heterocycles. The van der Waals surface area contributed by atoms with Crippen LogP contribution in [0.15, 0.2) is 0 Å². The molecule has 0 aromatic rings. The highest BCUT2D eigenvalue weighted by Gasteiger charge is 2.22. The molecule has 1 aliphatic rings. The average molecular weight is 320 g/mol. The zero-order valence-electron chi connectivity index (χ0n) is 12.3. The van der Waals surface area contributed by atoms with Crippen molar-refractivity contribution in [3.8, 4) is 0 Å². The van der Waals surface area contributed by atoms with Crippen LogP contribution in [0.1, 0.15) is 38.5 Å². The summed E-state index contributed by atoms with van der Waals surface area (Å²) in [4.78, 5) is 22.9. The largest absolute Gasteiger partial charge is 0.504 e. The number of amides is 1. The Morgan fingerprint density at radius 1 is 1.19 bits per heavy atom. The standard InChI is InChI=1S/C13H22NO6P/c1-21(17)20-9-5-8-14-13(16)19-10-18-12(15)11-6-3-2-4-7-11/h11H,2-10H2,1H3/p+1. The number of nitrogens with one attached hydrogen (secondary N) is 1. The Bertz CT molecular complexity index is 357. The molecule has 21 heavy (non-hydrogen) atoms. The zero-order chi connectivity index (χ0) is 15.5. The zero-order valence-corrected chi connectivity index (χ0v) is 13.2. The van der Waals surface area contributed by atoms with Crippen LogP contribution in [0.25, 0.3) is 0 Å². The second-order valence-corrected chi connectivity index (χ2v) is 6.04. The molecule has 1 unspecified atom stereocenters. The van der Waals surface area contributed by atoms with Gasteiger partial charge in [0.05, 0.1) is 5.92 Å². The van der Waals surface area contributed by atoms with Gasteiger partial charge in [0.1, 0.15) is 6.61 Å². The predicted octanol–water partition coefficient (Wildman–Crippen LogP) is 2.57. The molecule has 0 radical (unpaired) electrons. The molecule has 1 amide bonds. The lowest BCUT2D eigenvalue weighted by Gasteiger charge is -2.19. The third-order valence-corrected chi connectivity index (χ3v) is 3.74. The highest BCUT2D eigenvalue weighted by molar-refractivity contribution is 7.38. The van der Waals surface area contributed by atoms with Gasteiger partial charge in [0, 0.05) is 6.54 Å². The van der Waals surface area contributed by atoms with Crippen LogP contribution in [-0.4, -0.2) is 38.7 Å². The molecule has 7 nitrogen and oxygen atoms in total. The van der Waals surface area contributed by atoms with E-state index < -0.39 is 14.1 Å². The third-order valence-electron chi connectivity index (χ3n) is 3.19. The maximum Gasteiger partial charge on any atom is 0.504 e. The van der Waals surface area contributed by atoms with Gasteiger partial charge in [-0.15, -0.1) is 4.52 Å². The van der Waals surface area contributed by atoms with Gasteiger partial charge in [-0.25, -0.2) is 4.79 Å². The molecule has 1 fully saturated rings. The summed E-state index contributed by atoms with van der Waals surface area (Å²) >= 11 is 0. The van der Waals surface area contributed by atoms with E-state index in [0.29, 0.717) is 19.6 Å². The molecule has 1 saturated carbocycles. The van der Waals surface area contributed by atoms with Crippen molar-refractivity contribution in [2.24, 2.45) is 5.92 Å². The normalized spacial score (nSPS) is 16.1. The minimum Gasteiger partial charge on any atom is -0.428 e. The molecule has 0 spiro atoms. The van der Waals surface area contributed by atoms with Crippen LogP contribution in [-0.2, 0) is 23.4 Å². The Hall–Kier alpha value is -1.20. The average Bonchev–Trinajstić information content (AvgIpc) is 2.47. The molecular formula is C13H23NO6P+. The van der Waals surface area contributed by atoms with Crippen molar-refractivity contribution < 1.29 is 28.2 Å². The van der Waals surface area contributed by atoms with E-state index in [2.05, 4.69) is 5.32 Å². The van der Waals surface area contributed by atoms with Crippen LogP contribution in [0.5, 0.6) is 0 Å². The van der Waals surface area contributed by atoms with Crippen molar-refractivity contribution in [3.63, 3.8) is 0 Å². The lowest BCUT2D eigenvalue weighted by atomic mass is 9.89. The summed E-state index contributed by atoms with van der Waals surface area (Å²) in [6, 6.07) is 0. The predicted molar refractivity (Wildman–Crippen MR) is 76.1 cm³/mol. The first kappa shape index (κ1) is 17.9.